The highest BCUT2D eigenvalue weighted by Crippen LogP contribution is 2.38. The minimum atomic E-state index is 0.589. The van der Waals surface area contributed by atoms with Crippen LogP contribution >= 0.6 is 15.9 Å². The second-order valence-electron chi connectivity index (χ2n) is 5.41. The molecule has 3 rings (SSSR count). The van der Waals surface area contributed by atoms with E-state index in [4.69, 9.17) is 4.74 Å². The van der Waals surface area contributed by atoms with Gasteiger partial charge in [-0.15, -0.1) is 0 Å². The summed E-state index contributed by atoms with van der Waals surface area (Å²) in [7, 11) is 2.16. The van der Waals surface area contributed by atoms with E-state index >= 15 is 0 Å². The van der Waals surface area contributed by atoms with Crippen LogP contribution in [0.3, 0.4) is 0 Å². The molecule has 3 nitrogen and oxygen atoms in total. The molecule has 0 radical (unpaired) electrons. The summed E-state index contributed by atoms with van der Waals surface area (Å²) in [6, 6.07) is 6.36. The van der Waals surface area contributed by atoms with Crippen LogP contribution in [0.1, 0.15) is 31.4 Å². The average Bonchev–Trinajstić information content (AvgIpc) is 2.72. The lowest BCUT2D eigenvalue weighted by Crippen LogP contribution is -2.29. The Balaban J connectivity index is 2.08. The van der Waals surface area contributed by atoms with Crippen molar-refractivity contribution in [3.63, 3.8) is 0 Å². The highest BCUT2D eigenvalue weighted by Gasteiger charge is 2.23. The number of hydrogen-bond acceptors (Lipinski definition) is 2. The van der Waals surface area contributed by atoms with Crippen molar-refractivity contribution < 1.29 is 4.74 Å². The Labute approximate surface area is 128 Å². The molecule has 108 valence electrons. The predicted molar refractivity (Wildman–Crippen MR) is 86.6 cm³/mol. The summed E-state index contributed by atoms with van der Waals surface area (Å²) in [4.78, 5) is 0. The maximum atomic E-state index is 5.62. The van der Waals surface area contributed by atoms with Gasteiger partial charge in [0, 0.05) is 40.6 Å². The fraction of sp³-hybridized carbons (Fsp3) is 0.500. The Morgan fingerprint density at radius 1 is 1.45 bits per heavy atom. The Hall–Kier alpha value is -1.00. The number of fused-ring (bicyclic) bond motifs is 1. The molecule has 1 aromatic carbocycles. The van der Waals surface area contributed by atoms with Crippen LogP contribution in [0.25, 0.3) is 10.9 Å². The van der Waals surface area contributed by atoms with E-state index in [9.17, 15) is 0 Å². The summed E-state index contributed by atoms with van der Waals surface area (Å²) < 4.78 is 9.17. The molecule has 1 saturated heterocycles. The highest BCUT2D eigenvalue weighted by molar-refractivity contribution is 9.10. The van der Waals surface area contributed by atoms with Crippen LogP contribution in [0, 0.1) is 0 Å². The molecule has 2 aromatic rings. The Morgan fingerprint density at radius 2 is 2.30 bits per heavy atom. The molecule has 0 saturated carbocycles. The first-order valence-corrected chi connectivity index (χ1v) is 8.13. The summed E-state index contributed by atoms with van der Waals surface area (Å²) >= 11 is 3.82. The molecular weight excluding hydrogens is 316 g/mol. The molecule has 1 aromatic heterocycles. The first-order chi connectivity index (χ1) is 9.72. The van der Waals surface area contributed by atoms with Gasteiger partial charge in [-0.3, -0.25) is 0 Å². The Bertz CT molecular complexity index is 614. The standard InChI is InChI=1S/C16H21BrN2O/c1-3-20-12-6-7-14-13(9-12)15(17)16(19(14)2)11-5-4-8-18-10-11/h6-7,9,11,18H,3-5,8,10H2,1-2H3. The molecule has 1 N–H and O–H groups in total. The van der Waals surface area contributed by atoms with Crippen LogP contribution in [0.15, 0.2) is 22.7 Å². The van der Waals surface area contributed by atoms with Crippen molar-refractivity contribution >= 4 is 26.8 Å². The minimum absolute atomic E-state index is 0.589. The maximum absolute atomic E-state index is 5.62. The molecule has 1 aliphatic heterocycles. The molecule has 2 heterocycles. The van der Waals surface area contributed by atoms with Gasteiger partial charge in [0.25, 0.3) is 0 Å². The van der Waals surface area contributed by atoms with Crippen molar-refractivity contribution in [1.82, 2.24) is 9.88 Å². The molecule has 1 aliphatic rings. The summed E-state index contributed by atoms with van der Waals surface area (Å²) in [6.45, 7) is 4.94. The van der Waals surface area contributed by atoms with Gasteiger partial charge >= 0.3 is 0 Å². The van der Waals surface area contributed by atoms with Crippen molar-refractivity contribution in [1.29, 1.82) is 0 Å². The molecule has 1 unspecified atom stereocenters. The van der Waals surface area contributed by atoms with Crippen molar-refractivity contribution in [2.45, 2.75) is 25.7 Å². The van der Waals surface area contributed by atoms with E-state index in [2.05, 4.69) is 51.1 Å². The van der Waals surface area contributed by atoms with Crippen LogP contribution in [0.5, 0.6) is 5.75 Å². The average molecular weight is 337 g/mol. The van der Waals surface area contributed by atoms with E-state index in [0.717, 1.165) is 18.8 Å². The second-order valence-corrected chi connectivity index (χ2v) is 6.21. The smallest absolute Gasteiger partial charge is 0.120 e. The molecule has 4 heteroatoms. The highest BCUT2D eigenvalue weighted by atomic mass is 79.9. The van der Waals surface area contributed by atoms with Gasteiger partial charge in [-0.2, -0.15) is 0 Å². The number of hydrogen-bond donors (Lipinski definition) is 1. The number of nitrogens with one attached hydrogen (secondary N) is 1. The monoisotopic (exact) mass is 336 g/mol. The van der Waals surface area contributed by atoms with E-state index in [-0.39, 0.29) is 0 Å². The molecular formula is C16H21BrN2O. The molecule has 0 bridgehead atoms. The lowest BCUT2D eigenvalue weighted by atomic mass is 9.96. The number of aromatic nitrogens is 1. The number of ether oxygens (including phenoxy) is 1. The molecule has 20 heavy (non-hydrogen) atoms. The van der Waals surface area contributed by atoms with Crippen LogP contribution < -0.4 is 10.1 Å². The van der Waals surface area contributed by atoms with Gasteiger partial charge in [-0.25, -0.2) is 0 Å². The molecule has 1 fully saturated rings. The number of nitrogens with zero attached hydrogens (tertiary/aromatic N) is 1. The number of aryl methyl sites for hydroxylation is 1. The van der Waals surface area contributed by atoms with Crippen molar-refractivity contribution in [2.75, 3.05) is 19.7 Å². The van der Waals surface area contributed by atoms with Gasteiger partial charge in [-0.1, -0.05) is 0 Å². The van der Waals surface area contributed by atoms with E-state index in [1.165, 1.54) is 33.9 Å². The third kappa shape index (κ3) is 2.35. The number of halogens is 1. The minimum Gasteiger partial charge on any atom is -0.494 e. The summed E-state index contributed by atoms with van der Waals surface area (Å²) in [5, 5.41) is 4.75. The van der Waals surface area contributed by atoms with Crippen molar-refractivity contribution in [2.24, 2.45) is 7.05 Å². The zero-order valence-corrected chi connectivity index (χ0v) is 13.7. The summed E-state index contributed by atoms with van der Waals surface area (Å²) in [5.74, 6) is 1.53. The summed E-state index contributed by atoms with van der Waals surface area (Å²) in [6.07, 6.45) is 2.51. The number of rotatable bonds is 3. The first-order valence-electron chi connectivity index (χ1n) is 7.33. The Morgan fingerprint density at radius 3 is 3.00 bits per heavy atom. The Kier molecular flexibility index (Phi) is 4.03. The number of piperidine rings is 1. The molecule has 0 aliphatic carbocycles. The maximum Gasteiger partial charge on any atom is 0.120 e. The SMILES string of the molecule is CCOc1ccc2c(c1)c(Br)c(C1CCCNC1)n2C. The zero-order valence-electron chi connectivity index (χ0n) is 12.1. The fourth-order valence-electron chi connectivity index (χ4n) is 3.19. The van der Waals surface area contributed by atoms with Gasteiger partial charge in [0.2, 0.25) is 0 Å². The third-order valence-corrected chi connectivity index (χ3v) is 4.98. The quantitative estimate of drug-likeness (QED) is 0.922. The first kappa shape index (κ1) is 14.0. The lowest BCUT2D eigenvalue weighted by molar-refractivity contribution is 0.340. The zero-order chi connectivity index (χ0) is 14.1. The van der Waals surface area contributed by atoms with Crippen LogP contribution in [-0.2, 0) is 7.05 Å². The van der Waals surface area contributed by atoms with Crippen molar-refractivity contribution in [3.8, 4) is 5.75 Å². The van der Waals surface area contributed by atoms with E-state index in [1.54, 1.807) is 0 Å². The van der Waals surface area contributed by atoms with E-state index in [1.807, 2.05) is 6.92 Å². The molecule has 0 amide bonds. The van der Waals surface area contributed by atoms with Crippen LogP contribution in [0.2, 0.25) is 0 Å². The van der Waals surface area contributed by atoms with Gasteiger partial charge in [0.05, 0.1) is 6.61 Å². The molecule has 0 spiro atoms. The van der Waals surface area contributed by atoms with Gasteiger partial charge in [0.15, 0.2) is 0 Å². The number of benzene rings is 1. The van der Waals surface area contributed by atoms with Crippen LogP contribution in [-0.4, -0.2) is 24.3 Å². The molecule has 1 atom stereocenters. The van der Waals surface area contributed by atoms with Gasteiger partial charge in [-0.05, 0) is 60.4 Å². The summed E-state index contributed by atoms with van der Waals surface area (Å²) in [5.41, 5.74) is 2.67. The predicted octanol–water partition coefficient (Wildman–Crippen LogP) is 3.81. The van der Waals surface area contributed by atoms with Crippen molar-refractivity contribution in [3.05, 3.63) is 28.4 Å². The van der Waals surface area contributed by atoms with Crippen LogP contribution in [0.4, 0.5) is 0 Å². The lowest BCUT2D eigenvalue weighted by Gasteiger charge is -2.24. The van der Waals surface area contributed by atoms with Gasteiger partial charge in [0.1, 0.15) is 5.75 Å². The fourth-order valence-corrected chi connectivity index (χ4v) is 4.10. The second kappa shape index (κ2) is 5.78. The normalized spacial score (nSPS) is 19.4. The third-order valence-electron chi connectivity index (χ3n) is 4.15. The van der Waals surface area contributed by atoms with E-state index < -0.39 is 0 Å². The largest absolute Gasteiger partial charge is 0.494 e. The van der Waals surface area contributed by atoms with E-state index in [0.29, 0.717) is 12.5 Å². The van der Waals surface area contributed by atoms with Gasteiger partial charge < -0.3 is 14.6 Å². The topological polar surface area (TPSA) is 26.2 Å².